The van der Waals surface area contributed by atoms with Crippen LogP contribution in [0.4, 0.5) is 5.69 Å². The van der Waals surface area contributed by atoms with Crippen molar-refractivity contribution in [1.29, 1.82) is 0 Å². The van der Waals surface area contributed by atoms with Crippen LogP contribution in [0.25, 0.3) is 0 Å². The minimum atomic E-state index is 0.145. The molecule has 1 aromatic heterocycles. The highest BCUT2D eigenvalue weighted by atomic mass is 35.5. The summed E-state index contributed by atoms with van der Waals surface area (Å²) in [5.41, 5.74) is 3.85. The fourth-order valence-corrected chi connectivity index (χ4v) is 3.51. The van der Waals surface area contributed by atoms with Gasteiger partial charge in [-0.1, -0.05) is 43.0 Å². The summed E-state index contributed by atoms with van der Waals surface area (Å²) in [7, 11) is 0. The van der Waals surface area contributed by atoms with E-state index in [1.807, 2.05) is 42.8 Å². The molecule has 0 bridgehead atoms. The molecule has 0 aliphatic heterocycles. The third-order valence-electron chi connectivity index (χ3n) is 4.85. The molecule has 1 amide bonds. The van der Waals surface area contributed by atoms with E-state index in [1.54, 1.807) is 0 Å². The highest BCUT2D eigenvalue weighted by Crippen LogP contribution is 2.27. The quantitative estimate of drug-likeness (QED) is 0.871. The number of benzene rings is 1. The molecule has 0 spiro atoms. The van der Waals surface area contributed by atoms with Gasteiger partial charge in [0.1, 0.15) is 0 Å². The number of carbonyl (C=O) groups is 1. The number of halogens is 1. The molecule has 5 heteroatoms. The molecule has 1 heterocycles. The van der Waals surface area contributed by atoms with Crippen LogP contribution in [0, 0.1) is 19.8 Å². The van der Waals surface area contributed by atoms with Crippen LogP contribution in [0.15, 0.2) is 24.3 Å². The van der Waals surface area contributed by atoms with E-state index >= 15 is 0 Å². The first-order valence-electron chi connectivity index (χ1n) is 8.64. The van der Waals surface area contributed by atoms with Crippen LogP contribution in [0.5, 0.6) is 0 Å². The summed E-state index contributed by atoms with van der Waals surface area (Å²) in [5.74, 6) is 0.295. The normalized spacial score (nSPS) is 15.5. The van der Waals surface area contributed by atoms with Crippen molar-refractivity contribution in [2.45, 2.75) is 52.5 Å². The maximum absolute atomic E-state index is 12.5. The molecule has 0 radical (unpaired) electrons. The fraction of sp³-hybridized carbons (Fsp3) is 0.474. The summed E-state index contributed by atoms with van der Waals surface area (Å²) in [6, 6.07) is 7.76. The number of hydrogen-bond acceptors (Lipinski definition) is 2. The van der Waals surface area contributed by atoms with Gasteiger partial charge in [-0.2, -0.15) is 5.10 Å². The Bertz CT molecular complexity index is 715. The zero-order chi connectivity index (χ0) is 17.1. The van der Waals surface area contributed by atoms with E-state index in [0.717, 1.165) is 53.3 Å². The number of nitrogens with zero attached hydrogens (tertiary/aromatic N) is 2. The molecule has 2 aromatic rings. The Morgan fingerprint density at radius 1 is 1.21 bits per heavy atom. The number of rotatable bonds is 4. The van der Waals surface area contributed by atoms with Crippen LogP contribution >= 0.6 is 11.6 Å². The Labute approximate surface area is 148 Å². The molecule has 0 unspecified atom stereocenters. The van der Waals surface area contributed by atoms with Crippen LogP contribution in [0.2, 0.25) is 5.02 Å². The van der Waals surface area contributed by atoms with E-state index in [-0.39, 0.29) is 11.8 Å². The lowest BCUT2D eigenvalue weighted by Crippen LogP contribution is -2.25. The molecule has 1 aliphatic rings. The Morgan fingerprint density at radius 2 is 1.88 bits per heavy atom. The Morgan fingerprint density at radius 3 is 2.54 bits per heavy atom. The molecule has 4 nitrogen and oxygen atoms in total. The summed E-state index contributed by atoms with van der Waals surface area (Å²) in [6.07, 6.45) is 5.57. The van der Waals surface area contributed by atoms with E-state index in [1.165, 1.54) is 6.42 Å². The molecular weight excluding hydrogens is 322 g/mol. The van der Waals surface area contributed by atoms with Crippen LogP contribution in [0.1, 0.15) is 49.1 Å². The van der Waals surface area contributed by atoms with Gasteiger partial charge >= 0.3 is 0 Å². The maximum atomic E-state index is 12.5. The minimum Gasteiger partial charge on any atom is -0.323 e. The summed E-state index contributed by atoms with van der Waals surface area (Å²) >= 11 is 5.94. The molecule has 1 N–H and O–H groups in total. The Balaban J connectivity index is 1.73. The van der Waals surface area contributed by atoms with Gasteiger partial charge in [-0.15, -0.1) is 0 Å². The second kappa shape index (κ2) is 7.39. The first-order chi connectivity index (χ1) is 11.5. The molecule has 1 saturated carbocycles. The molecule has 128 valence electrons. The first kappa shape index (κ1) is 17.0. The lowest BCUT2D eigenvalue weighted by molar-refractivity contribution is -0.120. The molecule has 1 fully saturated rings. The number of carbonyl (C=O) groups excluding carboxylic acids is 1. The van der Waals surface area contributed by atoms with Gasteiger partial charge in [0.25, 0.3) is 0 Å². The number of aryl methyl sites for hydroxylation is 1. The summed E-state index contributed by atoms with van der Waals surface area (Å²) in [6.45, 7) is 4.62. The van der Waals surface area contributed by atoms with Crippen molar-refractivity contribution >= 4 is 23.2 Å². The first-order valence-corrected chi connectivity index (χ1v) is 9.01. The molecule has 1 aromatic carbocycles. The molecule has 3 rings (SSSR count). The number of anilines is 1. The minimum absolute atomic E-state index is 0.145. The summed E-state index contributed by atoms with van der Waals surface area (Å²) in [5, 5.41) is 8.44. The smallest absolute Gasteiger partial charge is 0.227 e. The van der Waals surface area contributed by atoms with Gasteiger partial charge in [-0.25, -0.2) is 0 Å². The second-order valence-electron chi connectivity index (χ2n) is 6.65. The van der Waals surface area contributed by atoms with Crippen LogP contribution in [0.3, 0.4) is 0 Å². The average Bonchev–Trinajstić information content (AvgIpc) is 2.85. The fourth-order valence-electron chi connectivity index (χ4n) is 3.38. The van der Waals surface area contributed by atoms with Crippen LogP contribution in [-0.4, -0.2) is 15.7 Å². The monoisotopic (exact) mass is 345 g/mol. The molecule has 0 saturated heterocycles. The van der Waals surface area contributed by atoms with Gasteiger partial charge in [0.15, 0.2) is 0 Å². The lowest BCUT2D eigenvalue weighted by atomic mass is 9.88. The van der Waals surface area contributed by atoms with E-state index in [4.69, 9.17) is 11.6 Å². The third kappa shape index (κ3) is 3.81. The van der Waals surface area contributed by atoms with Gasteiger partial charge in [-0.3, -0.25) is 9.48 Å². The Hall–Kier alpha value is -1.81. The van der Waals surface area contributed by atoms with Crippen molar-refractivity contribution in [3.05, 3.63) is 46.2 Å². The zero-order valence-corrected chi connectivity index (χ0v) is 15.1. The van der Waals surface area contributed by atoms with E-state index < -0.39 is 0 Å². The van der Waals surface area contributed by atoms with Crippen LogP contribution < -0.4 is 5.32 Å². The average molecular weight is 346 g/mol. The van der Waals surface area contributed by atoms with E-state index in [0.29, 0.717) is 6.54 Å². The predicted octanol–water partition coefficient (Wildman–Crippen LogP) is 4.72. The van der Waals surface area contributed by atoms with E-state index in [2.05, 4.69) is 10.4 Å². The van der Waals surface area contributed by atoms with Crippen molar-refractivity contribution in [2.24, 2.45) is 5.92 Å². The standard InChI is InChI=1S/C19H24ClN3O/c1-13-18(21-19(24)16-6-4-3-5-7-16)14(2)23(22-13)12-15-8-10-17(20)11-9-15/h8-11,16H,3-7,12H2,1-2H3,(H,21,24). The molecule has 0 atom stereocenters. The summed E-state index contributed by atoms with van der Waals surface area (Å²) in [4.78, 5) is 12.5. The van der Waals surface area contributed by atoms with Crippen molar-refractivity contribution in [3.63, 3.8) is 0 Å². The highest BCUT2D eigenvalue weighted by molar-refractivity contribution is 6.30. The van der Waals surface area contributed by atoms with Crippen molar-refractivity contribution < 1.29 is 4.79 Å². The second-order valence-corrected chi connectivity index (χ2v) is 7.09. The van der Waals surface area contributed by atoms with Gasteiger partial charge in [0, 0.05) is 10.9 Å². The van der Waals surface area contributed by atoms with Gasteiger partial charge < -0.3 is 5.32 Å². The topological polar surface area (TPSA) is 46.9 Å². The van der Waals surface area contributed by atoms with Gasteiger partial charge in [0.2, 0.25) is 5.91 Å². The molecule has 1 aliphatic carbocycles. The number of amides is 1. The van der Waals surface area contributed by atoms with Gasteiger partial charge in [-0.05, 0) is 44.4 Å². The molecule has 24 heavy (non-hydrogen) atoms. The summed E-state index contributed by atoms with van der Waals surface area (Å²) < 4.78 is 1.94. The number of nitrogens with one attached hydrogen (secondary N) is 1. The van der Waals surface area contributed by atoms with Crippen LogP contribution in [-0.2, 0) is 11.3 Å². The van der Waals surface area contributed by atoms with Gasteiger partial charge in [0.05, 0.1) is 23.6 Å². The molecular formula is C19H24ClN3O. The van der Waals surface area contributed by atoms with Crippen molar-refractivity contribution in [1.82, 2.24) is 9.78 Å². The van der Waals surface area contributed by atoms with Crippen molar-refractivity contribution in [3.8, 4) is 0 Å². The zero-order valence-electron chi connectivity index (χ0n) is 14.3. The third-order valence-corrected chi connectivity index (χ3v) is 5.10. The van der Waals surface area contributed by atoms with E-state index in [9.17, 15) is 4.79 Å². The lowest BCUT2D eigenvalue weighted by Gasteiger charge is -2.20. The van der Waals surface area contributed by atoms with Crippen molar-refractivity contribution in [2.75, 3.05) is 5.32 Å². The Kier molecular flexibility index (Phi) is 5.24. The SMILES string of the molecule is Cc1nn(Cc2ccc(Cl)cc2)c(C)c1NC(=O)C1CCCCC1. The maximum Gasteiger partial charge on any atom is 0.227 e. The number of hydrogen-bond donors (Lipinski definition) is 1. The largest absolute Gasteiger partial charge is 0.323 e. The number of aromatic nitrogens is 2. The highest BCUT2D eigenvalue weighted by Gasteiger charge is 2.23. The predicted molar refractivity (Wildman–Crippen MR) is 97.5 cm³/mol.